The van der Waals surface area contributed by atoms with Crippen molar-refractivity contribution in [3.63, 3.8) is 0 Å². The summed E-state index contributed by atoms with van der Waals surface area (Å²) in [5.74, 6) is 0.464. The number of carbonyl (C=O) groups is 1. The second kappa shape index (κ2) is 7.54. The predicted molar refractivity (Wildman–Crippen MR) is 122 cm³/mol. The van der Waals surface area contributed by atoms with E-state index in [1.165, 1.54) is 5.56 Å². The summed E-state index contributed by atoms with van der Waals surface area (Å²) in [6, 6.07) is 14.4. The second-order valence-electron chi connectivity index (χ2n) is 9.39. The molecule has 0 radical (unpaired) electrons. The summed E-state index contributed by atoms with van der Waals surface area (Å²) >= 11 is 0. The van der Waals surface area contributed by atoms with Gasteiger partial charge >= 0.3 is 6.09 Å². The van der Waals surface area contributed by atoms with E-state index in [2.05, 4.69) is 39.1 Å². The number of fused-ring (bicyclic) bond motifs is 2. The minimum Gasteiger partial charge on any atom is -0.443 e. The van der Waals surface area contributed by atoms with Crippen LogP contribution in [0.5, 0.6) is 0 Å². The Morgan fingerprint density at radius 1 is 1.19 bits per heavy atom. The van der Waals surface area contributed by atoms with Crippen molar-refractivity contribution in [1.82, 2.24) is 19.4 Å². The molecule has 1 fully saturated rings. The number of ether oxygens (including phenoxy) is 1. The molecule has 6 nitrogen and oxygen atoms in total. The van der Waals surface area contributed by atoms with Crippen molar-refractivity contribution >= 4 is 28.0 Å². The zero-order valence-electron chi connectivity index (χ0n) is 18.3. The average Bonchev–Trinajstić information content (AvgIpc) is 3.45. The van der Waals surface area contributed by atoms with E-state index >= 15 is 0 Å². The molecule has 4 aromatic rings. The van der Waals surface area contributed by atoms with Crippen LogP contribution in [0.1, 0.15) is 44.2 Å². The predicted octanol–water partition coefficient (Wildman–Crippen LogP) is 5.29. The van der Waals surface area contributed by atoms with Crippen molar-refractivity contribution in [2.45, 2.75) is 45.3 Å². The molecule has 0 amide bonds. The number of carbonyl (C=O) groups excluding carboxylic acids is 1. The van der Waals surface area contributed by atoms with Gasteiger partial charge in [0, 0.05) is 30.6 Å². The molecule has 1 atom stereocenters. The molecule has 0 spiro atoms. The van der Waals surface area contributed by atoms with Crippen LogP contribution < -0.4 is 0 Å². The van der Waals surface area contributed by atoms with Gasteiger partial charge in [0.05, 0.1) is 22.9 Å². The smallest absolute Gasteiger partial charge is 0.419 e. The highest BCUT2D eigenvalue weighted by Crippen LogP contribution is 2.33. The van der Waals surface area contributed by atoms with Crippen molar-refractivity contribution in [3.8, 4) is 0 Å². The number of nitrogens with zero attached hydrogens (tertiary/aromatic N) is 3. The van der Waals surface area contributed by atoms with E-state index < -0.39 is 5.60 Å². The normalized spacial score (nSPS) is 17.6. The Morgan fingerprint density at radius 3 is 2.87 bits per heavy atom. The summed E-state index contributed by atoms with van der Waals surface area (Å²) < 4.78 is 7.27. The van der Waals surface area contributed by atoms with Crippen molar-refractivity contribution in [3.05, 3.63) is 66.1 Å². The van der Waals surface area contributed by atoms with Gasteiger partial charge in [-0.25, -0.2) is 9.78 Å². The summed E-state index contributed by atoms with van der Waals surface area (Å²) in [5.41, 5.74) is 5.01. The van der Waals surface area contributed by atoms with Gasteiger partial charge in [-0.1, -0.05) is 30.3 Å². The minimum absolute atomic E-state index is 0.334. The lowest BCUT2D eigenvalue weighted by molar-refractivity contribution is 0.0544. The van der Waals surface area contributed by atoms with Crippen LogP contribution in [-0.2, 0) is 11.3 Å². The van der Waals surface area contributed by atoms with Gasteiger partial charge in [0.25, 0.3) is 0 Å². The number of imidazole rings is 1. The number of H-pyrrole nitrogens is 1. The molecular weight excluding hydrogens is 388 g/mol. The van der Waals surface area contributed by atoms with Crippen molar-refractivity contribution < 1.29 is 9.53 Å². The molecule has 1 aliphatic heterocycles. The SMILES string of the molecule is CC(C)(C)OC(=O)n1cc(CN2CCC(c3cccc4[nH]cnc34)C2)c2ccccc21. The minimum atomic E-state index is -0.530. The molecule has 6 heteroatoms. The number of para-hydroxylation sites is 2. The maximum Gasteiger partial charge on any atom is 0.419 e. The molecule has 3 heterocycles. The van der Waals surface area contributed by atoms with E-state index in [-0.39, 0.29) is 6.09 Å². The Balaban J connectivity index is 1.39. The first-order valence-electron chi connectivity index (χ1n) is 10.9. The summed E-state index contributed by atoms with van der Waals surface area (Å²) in [6.45, 7) is 8.49. The Labute approximate surface area is 181 Å². The third kappa shape index (κ3) is 3.83. The van der Waals surface area contributed by atoms with Gasteiger partial charge in [0.1, 0.15) is 5.60 Å². The van der Waals surface area contributed by atoms with Gasteiger partial charge in [-0.15, -0.1) is 0 Å². The van der Waals surface area contributed by atoms with Crippen molar-refractivity contribution in [2.75, 3.05) is 13.1 Å². The van der Waals surface area contributed by atoms with E-state index in [9.17, 15) is 4.79 Å². The standard InChI is InChI=1S/C25H28N4O2/c1-25(2,3)31-24(30)29-15-18(19-7-4-5-10-22(19)29)14-28-12-11-17(13-28)20-8-6-9-21-23(20)27-16-26-21/h4-10,15-17H,11-14H2,1-3H3,(H,26,27). The Hall–Kier alpha value is -3.12. The molecule has 1 aliphatic rings. The Morgan fingerprint density at radius 2 is 2.03 bits per heavy atom. The van der Waals surface area contributed by atoms with Crippen LogP contribution >= 0.6 is 0 Å². The van der Waals surface area contributed by atoms with Gasteiger partial charge in [0.15, 0.2) is 0 Å². The number of likely N-dealkylation sites (tertiary alicyclic amines) is 1. The van der Waals surface area contributed by atoms with Crippen LogP contribution in [0.2, 0.25) is 0 Å². The largest absolute Gasteiger partial charge is 0.443 e. The number of hydrogen-bond donors (Lipinski definition) is 1. The van der Waals surface area contributed by atoms with Gasteiger partial charge in [-0.2, -0.15) is 0 Å². The first-order chi connectivity index (χ1) is 14.9. The number of hydrogen-bond acceptors (Lipinski definition) is 4. The van der Waals surface area contributed by atoms with Crippen LogP contribution in [0.3, 0.4) is 0 Å². The molecule has 2 aromatic heterocycles. The third-order valence-corrected chi connectivity index (χ3v) is 5.97. The molecule has 1 N–H and O–H groups in total. The van der Waals surface area contributed by atoms with E-state index in [4.69, 9.17) is 4.74 Å². The molecule has 1 saturated heterocycles. The lowest BCUT2D eigenvalue weighted by atomic mass is 9.97. The molecular formula is C25H28N4O2. The average molecular weight is 417 g/mol. The van der Waals surface area contributed by atoms with E-state index in [0.29, 0.717) is 5.92 Å². The molecule has 2 aromatic carbocycles. The monoisotopic (exact) mass is 416 g/mol. The topological polar surface area (TPSA) is 63.1 Å². The van der Waals surface area contributed by atoms with Gasteiger partial charge in [-0.05, 0) is 57.0 Å². The lowest BCUT2D eigenvalue weighted by Crippen LogP contribution is -2.26. The first-order valence-corrected chi connectivity index (χ1v) is 10.9. The van der Waals surface area contributed by atoms with Gasteiger partial charge in [0.2, 0.25) is 0 Å². The number of rotatable bonds is 3. The van der Waals surface area contributed by atoms with Gasteiger partial charge in [-0.3, -0.25) is 9.47 Å². The highest BCUT2D eigenvalue weighted by molar-refractivity contribution is 5.92. The zero-order chi connectivity index (χ0) is 21.6. The molecule has 0 bridgehead atoms. The van der Waals surface area contributed by atoms with Gasteiger partial charge < -0.3 is 9.72 Å². The van der Waals surface area contributed by atoms with E-state index in [1.807, 2.05) is 45.2 Å². The quantitative estimate of drug-likeness (QED) is 0.493. The number of aromatic nitrogens is 3. The molecule has 31 heavy (non-hydrogen) atoms. The number of aromatic amines is 1. The molecule has 0 saturated carbocycles. The summed E-state index contributed by atoms with van der Waals surface area (Å²) in [5, 5.41) is 1.10. The molecule has 1 unspecified atom stereocenters. The Bertz CT molecular complexity index is 1250. The third-order valence-electron chi connectivity index (χ3n) is 5.97. The second-order valence-corrected chi connectivity index (χ2v) is 9.39. The van der Waals surface area contributed by atoms with Crippen LogP contribution in [0, 0.1) is 0 Å². The lowest BCUT2D eigenvalue weighted by Gasteiger charge is -2.19. The fourth-order valence-electron chi connectivity index (χ4n) is 4.63. The van der Waals surface area contributed by atoms with Crippen LogP contribution in [0.4, 0.5) is 4.79 Å². The number of benzene rings is 2. The summed E-state index contributed by atoms with van der Waals surface area (Å²) in [7, 11) is 0. The fourth-order valence-corrected chi connectivity index (χ4v) is 4.63. The zero-order valence-corrected chi connectivity index (χ0v) is 18.3. The molecule has 0 aliphatic carbocycles. The maximum atomic E-state index is 12.8. The highest BCUT2D eigenvalue weighted by Gasteiger charge is 2.27. The van der Waals surface area contributed by atoms with Crippen molar-refractivity contribution in [2.24, 2.45) is 0 Å². The van der Waals surface area contributed by atoms with E-state index in [1.54, 1.807) is 10.9 Å². The van der Waals surface area contributed by atoms with Crippen molar-refractivity contribution in [1.29, 1.82) is 0 Å². The summed E-state index contributed by atoms with van der Waals surface area (Å²) in [4.78, 5) is 23.0. The van der Waals surface area contributed by atoms with E-state index in [0.717, 1.165) is 53.6 Å². The Kier molecular flexibility index (Phi) is 4.82. The van der Waals surface area contributed by atoms with Crippen LogP contribution in [-0.4, -0.2) is 44.2 Å². The first kappa shape index (κ1) is 19.8. The van der Waals surface area contributed by atoms with Crippen LogP contribution in [0.25, 0.3) is 21.9 Å². The molecule has 5 rings (SSSR count). The molecule has 160 valence electrons. The van der Waals surface area contributed by atoms with Crippen LogP contribution in [0.15, 0.2) is 55.0 Å². The highest BCUT2D eigenvalue weighted by atomic mass is 16.6. The summed E-state index contributed by atoms with van der Waals surface area (Å²) in [6.07, 6.45) is 4.49. The number of nitrogens with one attached hydrogen (secondary N) is 1. The maximum absolute atomic E-state index is 12.8. The fraction of sp³-hybridized carbons (Fsp3) is 0.360.